The monoisotopic (exact) mass is 706 g/mol. The first-order valence-electron chi connectivity index (χ1n) is 18.3. The molecule has 0 saturated carbocycles. The van der Waals surface area contributed by atoms with E-state index >= 15 is 0 Å². The van der Waals surface area contributed by atoms with Gasteiger partial charge in [-0.25, -0.2) is 15.0 Å². The SMILES string of the molecule is c1ccc(-c2nc(-c3ccccc3)nc(-c3cccc4oc5cc(N(c6ccccc6)c6ccc7c(c6)oc6ccc8ccccc8c67)ccc5c34)n2)cc1. The quantitative estimate of drug-likeness (QED) is 0.171. The van der Waals surface area contributed by atoms with Gasteiger partial charge in [0, 0.05) is 67.4 Å². The van der Waals surface area contributed by atoms with Crippen LogP contribution in [0.3, 0.4) is 0 Å². The summed E-state index contributed by atoms with van der Waals surface area (Å²) in [5.74, 6) is 1.82. The average Bonchev–Trinajstić information content (AvgIpc) is 3.83. The predicted molar refractivity (Wildman–Crippen MR) is 223 cm³/mol. The van der Waals surface area contributed by atoms with Crippen LogP contribution in [0.2, 0.25) is 0 Å². The molecule has 8 aromatic carbocycles. The number of para-hydroxylation sites is 1. The lowest BCUT2D eigenvalue weighted by molar-refractivity contribution is 0.669. The van der Waals surface area contributed by atoms with E-state index in [0.29, 0.717) is 17.5 Å². The third-order valence-corrected chi connectivity index (χ3v) is 10.3. The van der Waals surface area contributed by atoms with Crippen LogP contribution in [-0.2, 0) is 0 Å². The van der Waals surface area contributed by atoms with Crippen LogP contribution in [0.1, 0.15) is 0 Å². The summed E-state index contributed by atoms with van der Waals surface area (Å²) in [6, 6.07) is 62.0. The number of rotatable bonds is 6. The van der Waals surface area contributed by atoms with Gasteiger partial charge >= 0.3 is 0 Å². The number of benzene rings is 8. The molecular formula is C49H30N4O2. The molecule has 0 radical (unpaired) electrons. The predicted octanol–water partition coefficient (Wildman–Crippen LogP) is 13.3. The second-order valence-electron chi connectivity index (χ2n) is 13.6. The van der Waals surface area contributed by atoms with Crippen LogP contribution in [0.25, 0.3) is 88.8 Å². The Morgan fingerprint density at radius 3 is 1.55 bits per heavy atom. The molecule has 55 heavy (non-hydrogen) atoms. The first-order valence-corrected chi connectivity index (χ1v) is 18.3. The van der Waals surface area contributed by atoms with Gasteiger partial charge in [0.2, 0.25) is 0 Å². The van der Waals surface area contributed by atoms with Crippen LogP contribution in [0, 0.1) is 0 Å². The van der Waals surface area contributed by atoms with Gasteiger partial charge in [-0.15, -0.1) is 0 Å². The molecular weight excluding hydrogens is 677 g/mol. The number of aromatic nitrogens is 3. The minimum absolute atomic E-state index is 0.586. The second kappa shape index (κ2) is 12.5. The van der Waals surface area contributed by atoms with Crippen LogP contribution in [0.4, 0.5) is 17.1 Å². The Labute approximate surface area is 315 Å². The minimum atomic E-state index is 0.586. The number of hydrogen-bond acceptors (Lipinski definition) is 6. The van der Waals surface area contributed by atoms with Gasteiger partial charge < -0.3 is 13.7 Å². The minimum Gasteiger partial charge on any atom is -0.456 e. The molecule has 0 bridgehead atoms. The molecule has 6 heteroatoms. The van der Waals surface area contributed by atoms with Crippen molar-refractivity contribution >= 4 is 71.7 Å². The fourth-order valence-corrected chi connectivity index (χ4v) is 7.77. The zero-order chi connectivity index (χ0) is 36.3. The largest absolute Gasteiger partial charge is 0.456 e. The molecule has 0 N–H and O–H groups in total. The first kappa shape index (κ1) is 31.0. The Kier molecular flexibility index (Phi) is 7.07. The highest BCUT2D eigenvalue weighted by molar-refractivity contribution is 6.19. The zero-order valence-electron chi connectivity index (χ0n) is 29.4. The van der Waals surface area contributed by atoms with Crippen molar-refractivity contribution in [2.75, 3.05) is 4.90 Å². The Morgan fingerprint density at radius 1 is 0.345 bits per heavy atom. The van der Waals surface area contributed by atoms with Crippen LogP contribution in [-0.4, -0.2) is 15.0 Å². The lowest BCUT2D eigenvalue weighted by Gasteiger charge is -2.25. The molecule has 0 aliphatic carbocycles. The summed E-state index contributed by atoms with van der Waals surface area (Å²) in [5.41, 5.74) is 8.91. The molecule has 11 rings (SSSR count). The number of hydrogen-bond donors (Lipinski definition) is 0. The number of furan rings is 2. The van der Waals surface area contributed by atoms with Crippen molar-refractivity contribution in [1.29, 1.82) is 0 Å². The Hall–Kier alpha value is -7.57. The molecule has 0 amide bonds. The normalized spacial score (nSPS) is 11.6. The van der Waals surface area contributed by atoms with E-state index in [-0.39, 0.29) is 0 Å². The number of anilines is 3. The lowest BCUT2D eigenvalue weighted by Crippen LogP contribution is -2.09. The smallest absolute Gasteiger partial charge is 0.164 e. The van der Waals surface area contributed by atoms with Gasteiger partial charge in [-0.05, 0) is 59.3 Å². The van der Waals surface area contributed by atoms with Gasteiger partial charge in [-0.1, -0.05) is 121 Å². The van der Waals surface area contributed by atoms with E-state index in [1.807, 2.05) is 78.9 Å². The summed E-state index contributed by atoms with van der Waals surface area (Å²) in [5, 5.41) is 6.54. The van der Waals surface area contributed by atoms with Crippen molar-refractivity contribution in [3.8, 4) is 34.2 Å². The molecule has 0 spiro atoms. The van der Waals surface area contributed by atoms with Crippen LogP contribution >= 0.6 is 0 Å². The topological polar surface area (TPSA) is 68.2 Å². The molecule has 258 valence electrons. The fourth-order valence-electron chi connectivity index (χ4n) is 7.77. The lowest BCUT2D eigenvalue weighted by atomic mass is 10.0. The maximum Gasteiger partial charge on any atom is 0.164 e. The summed E-state index contributed by atoms with van der Waals surface area (Å²) in [7, 11) is 0. The fraction of sp³-hybridized carbons (Fsp3) is 0. The van der Waals surface area contributed by atoms with E-state index in [1.54, 1.807) is 0 Å². The number of fused-ring (bicyclic) bond motifs is 8. The number of nitrogens with zero attached hydrogens (tertiary/aromatic N) is 4. The van der Waals surface area contributed by atoms with Gasteiger partial charge in [-0.2, -0.15) is 0 Å². The second-order valence-corrected chi connectivity index (χ2v) is 13.6. The van der Waals surface area contributed by atoms with Gasteiger partial charge in [-0.3, -0.25) is 0 Å². The standard InChI is InChI=1S/C49H30N4O2/c1-4-14-32(15-5-1)47-50-48(33-16-6-2-7-17-33)52-49(51-47)40-21-12-22-41-46(40)39-27-25-36(30-44(39)54-41)53(34-18-8-3-9-19-34)35-24-26-38-43(29-35)55-42-28-23-31-13-10-11-20-37(31)45(38)42/h1-30H. The third-order valence-electron chi connectivity index (χ3n) is 10.3. The first-order chi connectivity index (χ1) is 27.2. The molecule has 11 aromatic rings. The Morgan fingerprint density at radius 2 is 0.891 bits per heavy atom. The van der Waals surface area contributed by atoms with Crippen molar-refractivity contribution < 1.29 is 8.83 Å². The third kappa shape index (κ3) is 5.23. The average molecular weight is 707 g/mol. The molecule has 0 fully saturated rings. The Balaban J connectivity index is 1.07. The van der Waals surface area contributed by atoms with E-state index in [4.69, 9.17) is 23.8 Å². The van der Waals surface area contributed by atoms with E-state index in [9.17, 15) is 0 Å². The van der Waals surface area contributed by atoms with Crippen molar-refractivity contribution in [2.24, 2.45) is 0 Å². The summed E-state index contributed by atoms with van der Waals surface area (Å²) >= 11 is 0. The van der Waals surface area contributed by atoms with Gasteiger partial charge in [0.05, 0.1) is 0 Å². The molecule has 0 atom stereocenters. The van der Waals surface area contributed by atoms with Crippen LogP contribution in [0.15, 0.2) is 191 Å². The summed E-state index contributed by atoms with van der Waals surface area (Å²) in [6.45, 7) is 0. The van der Waals surface area contributed by atoms with Gasteiger partial charge in [0.15, 0.2) is 17.5 Å². The van der Waals surface area contributed by atoms with Crippen LogP contribution < -0.4 is 4.90 Å². The highest BCUT2D eigenvalue weighted by Crippen LogP contribution is 2.43. The summed E-state index contributed by atoms with van der Waals surface area (Å²) < 4.78 is 13.1. The van der Waals surface area contributed by atoms with Crippen LogP contribution in [0.5, 0.6) is 0 Å². The van der Waals surface area contributed by atoms with E-state index in [1.165, 1.54) is 10.8 Å². The summed E-state index contributed by atoms with van der Waals surface area (Å²) in [6.07, 6.45) is 0. The van der Waals surface area contributed by atoms with Crippen molar-refractivity contribution in [2.45, 2.75) is 0 Å². The molecule has 3 aromatic heterocycles. The highest BCUT2D eigenvalue weighted by atomic mass is 16.3. The molecule has 6 nitrogen and oxygen atoms in total. The Bertz CT molecular complexity index is 3150. The molecule has 3 heterocycles. The summed E-state index contributed by atoms with van der Waals surface area (Å²) in [4.78, 5) is 17.2. The van der Waals surface area contributed by atoms with Gasteiger partial charge in [0.25, 0.3) is 0 Å². The van der Waals surface area contributed by atoms with E-state index < -0.39 is 0 Å². The highest BCUT2D eigenvalue weighted by Gasteiger charge is 2.21. The molecule has 0 unspecified atom stereocenters. The van der Waals surface area contributed by atoms with Crippen molar-refractivity contribution in [3.05, 3.63) is 182 Å². The van der Waals surface area contributed by atoms with E-state index in [0.717, 1.165) is 77.6 Å². The zero-order valence-corrected chi connectivity index (χ0v) is 29.4. The van der Waals surface area contributed by atoms with Crippen molar-refractivity contribution in [3.63, 3.8) is 0 Å². The molecule has 0 saturated heterocycles. The molecule has 0 aliphatic heterocycles. The van der Waals surface area contributed by atoms with Crippen molar-refractivity contribution in [1.82, 2.24) is 15.0 Å². The van der Waals surface area contributed by atoms with Gasteiger partial charge in [0.1, 0.15) is 22.3 Å². The molecule has 0 aliphatic rings. The van der Waals surface area contributed by atoms with E-state index in [2.05, 4.69) is 108 Å². The maximum atomic E-state index is 6.64. The maximum absolute atomic E-state index is 6.64.